The van der Waals surface area contributed by atoms with E-state index in [9.17, 15) is 4.79 Å². The van der Waals surface area contributed by atoms with Crippen molar-refractivity contribution in [2.75, 3.05) is 18.6 Å². The number of carbonyl (C=O) groups excluding carboxylic acids is 1. The molecule has 1 aliphatic heterocycles. The molecule has 1 N–H and O–H groups in total. The van der Waals surface area contributed by atoms with Gasteiger partial charge in [-0.25, -0.2) is 4.98 Å². The van der Waals surface area contributed by atoms with Crippen molar-refractivity contribution in [3.05, 3.63) is 16.0 Å². The Morgan fingerprint density at radius 1 is 1.57 bits per heavy atom. The highest BCUT2D eigenvalue weighted by molar-refractivity contribution is 9.10. The fourth-order valence-electron chi connectivity index (χ4n) is 3.25. The molecule has 2 aromatic heterocycles. The quantitative estimate of drug-likeness (QED) is 0.629. The van der Waals surface area contributed by atoms with Gasteiger partial charge in [0.1, 0.15) is 11.0 Å². The number of hydrogen-bond acceptors (Lipinski definition) is 5. The number of halogens is 2. The molecule has 0 saturated carbocycles. The van der Waals surface area contributed by atoms with E-state index in [0.717, 1.165) is 34.3 Å². The number of fused-ring (bicyclic) bond motifs is 1. The van der Waals surface area contributed by atoms with E-state index in [1.165, 1.54) is 7.11 Å². The van der Waals surface area contributed by atoms with E-state index < -0.39 is 0 Å². The molecule has 2 aromatic rings. The molecule has 1 fully saturated rings. The van der Waals surface area contributed by atoms with E-state index in [4.69, 9.17) is 16.3 Å². The Hall–Kier alpha value is -1.34. The number of aromatic amines is 1. The van der Waals surface area contributed by atoms with Gasteiger partial charge in [0.2, 0.25) is 5.28 Å². The Bertz CT molecular complexity index is 761. The summed E-state index contributed by atoms with van der Waals surface area (Å²) in [6.07, 6.45) is 3.02. The molecule has 3 heterocycles. The largest absolute Gasteiger partial charge is 0.469 e. The number of H-pyrrole nitrogens is 1. The van der Waals surface area contributed by atoms with Crippen LogP contribution in [0, 0.1) is 5.41 Å². The van der Waals surface area contributed by atoms with E-state index in [1.54, 1.807) is 0 Å². The molecule has 0 spiro atoms. The highest BCUT2D eigenvalue weighted by Crippen LogP contribution is 2.40. The van der Waals surface area contributed by atoms with Gasteiger partial charge in [-0.3, -0.25) is 4.79 Å². The molecule has 3 rings (SSSR count). The van der Waals surface area contributed by atoms with Crippen LogP contribution in [0.2, 0.25) is 5.28 Å². The fourth-order valence-corrected chi connectivity index (χ4v) is 3.81. The fraction of sp³-hybridized carbons (Fsp3) is 0.533. The van der Waals surface area contributed by atoms with Gasteiger partial charge >= 0.3 is 5.97 Å². The zero-order chi connectivity index (χ0) is 16.8. The van der Waals surface area contributed by atoms with Crippen molar-refractivity contribution in [3.8, 4) is 0 Å². The van der Waals surface area contributed by atoms with Crippen LogP contribution in [-0.4, -0.2) is 40.6 Å². The minimum absolute atomic E-state index is 0.0219. The average molecular weight is 402 g/mol. The summed E-state index contributed by atoms with van der Waals surface area (Å²) in [4.78, 5) is 25.8. The van der Waals surface area contributed by atoms with Gasteiger partial charge in [-0.05, 0) is 39.4 Å². The van der Waals surface area contributed by atoms with Gasteiger partial charge < -0.3 is 14.6 Å². The molecule has 0 bridgehead atoms. The van der Waals surface area contributed by atoms with E-state index in [-0.39, 0.29) is 22.7 Å². The van der Waals surface area contributed by atoms with Gasteiger partial charge in [0.25, 0.3) is 0 Å². The summed E-state index contributed by atoms with van der Waals surface area (Å²) < 4.78 is 5.67. The molecule has 0 amide bonds. The van der Waals surface area contributed by atoms with Crippen LogP contribution in [-0.2, 0) is 9.53 Å². The predicted octanol–water partition coefficient (Wildman–Crippen LogP) is 3.54. The molecular formula is C15H18BrClN4O2. The Kier molecular flexibility index (Phi) is 4.27. The molecule has 6 nitrogen and oxygen atoms in total. The lowest BCUT2D eigenvalue weighted by molar-refractivity contribution is -0.141. The number of anilines is 1. The first-order valence-corrected chi connectivity index (χ1v) is 8.51. The number of carbonyl (C=O) groups is 1. The standard InChI is InChI=1S/C15H18BrClN4O2/c1-15(2)5-8(4-10(22)23-3)21(7-15)13-12-11(9(16)6-18-12)19-14(17)20-13/h6,8,18H,4-5,7H2,1-3H3. The second kappa shape index (κ2) is 5.94. The number of hydrogen-bond donors (Lipinski definition) is 1. The first kappa shape index (κ1) is 16.5. The number of aromatic nitrogens is 3. The predicted molar refractivity (Wildman–Crippen MR) is 92.8 cm³/mol. The lowest BCUT2D eigenvalue weighted by atomic mass is 9.90. The molecule has 1 aliphatic rings. The summed E-state index contributed by atoms with van der Waals surface area (Å²) in [5.41, 5.74) is 1.63. The van der Waals surface area contributed by atoms with Crippen LogP contribution < -0.4 is 4.90 Å². The van der Waals surface area contributed by atoms with Gasteiger partial charge in [0.15, 0.2) is 5.82 Å². The van der Waals surface area contributed by atoms with Crippen molar-refractivity contribution >= 4 is 50.4 Å². The highest BCUT2D eigenvalue weighted by atomic mass is 79.9. The molecule has 8 heteroatoms. The van der Waals surface area contributed by atoms with Gasteiger partial charge in [-0.15, -0.1) is 0 Å². The summed E-state index contributed by atoms with van der Waals surface area (Å²) in [6, 6.07) is 0.0219. The Balaban J connectivity index is 2.06. The van der Waals surface area contributed by atoms with Gasteiger partial charge in [0.05, 0.1) is 18.0 Å². The highest BCUT2D eigenvalue weighted by Gasteiger charge is 2.40. The monoisotopic (exact) mass is 400 g/mol. The molecule has 0 aromatic carbocycles. The van der Waals surface area contributed by atoms with Crippen molar-refractivity contribution in [1.29, 1.82) is 0 Å². The molecule has 0 radical (unpaired) electrons. The lowest BCUT2D eigenvalue weighted by Gasteiger charge is -2.25. The molecular weight excluding hydrogens is 384 g/mol. The van der Waals surface area contributed by atoms with E-state index in [0.29, 0.717) is 6.42 Å². The Labute approximate surface area is 147 Å². The number of ether oxygens (including phenoxy) is 1. The summed E-state index contributed by atoms with van der Waals surface area (Å²) >= 11 is 9.57. The smallest absolute Gasteiger partial charge is 0.307 e. The first-order valence-electron chi connectivity index (χ1n) is 7.34. The van der Waals surface area contributed by atoms with Crippen molar-refractivity contribution < 1.29 is 9.53 Å². The van der Waals surface area contributed by atoms with Crippen molar-refractivity contribution in [1.82, 2.24) is 15.0 Å². The number of methoxy groups -OCH3 is 1. The molecule has 1 atom stereocenters. The van der Waals surface area contributed by atoms with Crippen molar-refractivity contribution in [2.45, 2.75) is 32.7 Å². The number of rotatable bonds is 3. The minimum Gasteiger partial charge on any atom is -0.469 e. The van der Waals surface area contributed by atoms with Gasteiger partial charge in [0, 0.05) is 18.8 Å². The molecule has 23 heavy (non-hydrogen) atoms. The third-order valence-corrected chi connectivity index (χ3v) is 4.93. The van der Waals surface area contributed by atoms with Gasteiger partial charge in [-0.1, -0.05) is 13.8 Å². The topological polar surface area (TPSA) is 71.1 Å². The number of nitrogens with zero attached hydrogens (tertiary/aromatic N) is 3. The number of esters is 1. The zero-order valence-corrected chi connectivity index (χ0v) is 15.5. The first-order chi connectivity index (χ1) is 10.8. The van der Waals surface area contributed by atoms with Crippen molar-refractivity contribution in [3.63, 3.8) is 0 Å². The molecule has 1 unspecified atom stereocenters. The average Bonchev–Trinajstić information content (AvgIpc) is 2.98. The van der Waals surface area contributed by atoms with Crippen LogP contribution in [0.1, 0.15) is 26.7 Å². The Morgan fingerprint density at radius 2 is 2.30 bits per heavy atom. The van der Waals surface area contributed by atoms with Crippen LogP contribution in [0.15, 0.2) is 10.7 Å². The van der Waals surface area contributed by atoms with E-state index >= 15 is 0 Å². The lowest BCUT2D eigenvalue weighted by Crippen LogP contribution is -2.33. The van der Waals surface area contributed by atoms with E-state index in [1.807, 2.05) is 6.20 Å². The third kappa shape index (κ3) is 3.17. The Morgan fingerprint density at radius 3 is 3.00 bits per heavy atom. The van der Waals surface area contributed by atoms with E-state index in [2.05, 4.69) is 49.6 Å². The van der Waals surface area contributed by atoms with Gasteiger partial charge in [-0.2, -0.15) is 4.98 Å². The minimum atomic E-state index is -0.221. The molecule has 0 aliphatic carbocycles. The van der Waals surface area contributed by atoms with Crippen LogP contribution in [0.25, 0.3) is 11.0 Å². The van der Waals surface area contributed by atoms with Crippen LogP contribution in [0.4, 0.5) is 5.82 Å². The molecule has 124 valence electrons. The maximum atomic E-state index is 11.8. The second-order valence-corrected chi connectivity index (χ2v) is 7.80. The van der Waals surface area contributed by atoms with Crippen LogP contribution in [0.3, 0.4) is 0 Å². The number of nitrogens with one attached hydrogen (secondary N) is 1. The maximum Gasteiger partial charge on any atom is 0.307 e. The zero-order valence-electron chi connectivity index (χ0n) is 13.2. The summed E-state index contributed by atoms with van der Waals surface area (Å²) in [5.74, 6) is 0.506. The summed E-state index contributed by atoms with van der Waals surface area (Å²) in [7, 11) is 1.41. The molecule has 1 saturated heterocycles. The van der Waals surface area contributed by atoms with Crippen LogP contribution >= 0.6 is 27.5 Å². The second-order valence-electron chi connectivity index (χ2n) is 6.61. The van der Waals surface area contributed by atoms with Crippen molar-refractivity contribution in [2.24, 2.45) is 5.41 Å². The third-order valence-electron chi connectivity index (χ3n) is 4.16. The summed E-state index contributed by atoms with van der Waals surface area (Å²) in [5, 5.41) is 0.189. The SMILES string of the molecule is COC(=O)CC1CC(C)(C)CN1c1nc(Cl)nc2c(Br)c[nH]c12. The summed E-state index contributed by atoms with van der Waals surface area (Å²) in [6.45, 7) is 5.15. The maximum absolute atomic E-state index is 11.8. The normalized spacial score (nSPS) is 20.2. The van der Waals surface area contributed by atoms with Crippen LogP contribution in [0.5, 0.6) is 0 Å².